The predicted octanol–water partition coefficient (Wildman–Crippen LogP) is 4.39. The lowest BCUT2D eigenvalue weighted by molar-refractivity contribution is -0.149. The number of piperidine rings is 1. The zero-order valence-corrected chi connectivity index (χ0v) is 18.6. The average Bonchev–Trinajstić information content (AvgIpc) is 2.79. The summed E-state index contributed by atoms with van der Waals surface area (Å²) < 4.78 is 16.9. The van der Waals surface area contributed by atoms with Gasteiger partial charge in [-0.05, 0) is 63.4 Å². The molecular formula is C25H31NO5. The van der Waals surface area contributed by atoms with Gasteiger partial charge in [-0.15, -0.1) is 0 Å². The van der Waals surface area contributed by atoms with Gasteiger partial charge in [0.2, 0.25) is 0 Å². The molecule has 0 aliphatic carbocycles. The number of para-hydroxylation sites is 1. The van der Waals surface area contributed by atoms with Gasteiger partial charge in [0.1, 0.15) is 18.1 Å². The second-order valence-electron chi connectivity index (χ2n) is 7.63. The van der Waals surface area contributed by atoms with Crippen LogP contribution in [0.3, 0.4) is 0 Å². The fraction of sp³-hybridized carbons (Fsp3) is 0.440. The summed E-state index contributed by atoms with van der Waals surface area (Å²) in [6.07, 6.45) is 1.26. The second-order valence-corrected chi connectivity index (χ2v) is 7.63. The van der Waals surface area contributed by atoms with E-state index in [0.29, 0.717) is 57.1 Å². The molecule has 166 valence electrons. The Morgan fingerprint density at radius 3 is 2.39 bits per heavy atom. The highest BCUT2D eigenvalue weighted by atomic mass is 16.5. The number of esters is 1. The number of ether oxygens (including phenoxy) is 3. The molecule has 0 N–H and O–H groups in total. The first kappa shape index (κ1) is 22.7. The van der Waals surface area contributed by atoms with Gasteiger partial charge in [-0.1, -0.05) is 18.2 Å². The first-order valence-electron chi connectivity index (χ1n) is 10.9. The third-order valence-corrected chi connectivity index (χ3v) is 5.49. The number of rotatable bonds is 8. The van der Waals surface area contributed by atoms with Crippen molar-refractivity contribution in [3.8, 4) is 11.5 Å². The Balaban J connectivity index is 1.70. The molecule has 3 rings (SSSR count). The van der Waals surface area contributed by atoms with E-state index in [1.807, 2.05) is 57.2 Å². The molecule has 0 aromatic heterocycles. The van der Waals surface area contributed by atoms with E-state index in [2.05, 4.69) is 0 Å². The molecule has 0 radical (unpaired) electrons. The molecule has 6 heteroatoms. The van der Waals surface area contributed by atoms with E-state index in [9.17, 15) is 9.59 Å². The fourth-order valence-corrected chi connectivity index (χ4v) is 3.76. The Morgan fingerprint density at radius 1 is 0.968 bits per heavy atom. The van der Waals surface area contributed by atoms with Gasteiger partial charge in [-0.25, -0.2) is 0 Å². The molecule has 0 saturated carbocycles. The van der Waals surface area contributed by atoms with Crippen LogP contribution in [0.25, 0.3) is 0 Å². The molecule has 1 aliphatic rings. The Bertz CT molecular complexity index is 903. The first-order chi connectivity index (χ1) is 15.0. The quantitative estimate of drug-likeness (QED) is 0.587. The number of likely N-dealkylation sites (tertiary alicyclic amines) is 1. The second kappa shape index (κ2) is 10.8. The Kier molecular flexibility index (Phi) is 7.93. The molecule has 0 atom stereocenters. The largest absolute Gasteiger partial charge is 0.493 e. The summed E-state index contributed by atoms with van der Waals surface area (Å²) in [5, 5.41) is 0. The summed E-state index contributed by atoms with van der Waals surface area (Å²) in [7, 11) is 0. The zero-order valence-electron chi connectivity index (χ0n) is 18.6. The van der Waals surface area contributed by atoms with Crippen molar-refractivity contribution in [3.63, 3.8) is 0 Å². The number of benzene rings is 2. The van der Waals surface area contributed by atoms with E-state index in [4.69, 9.17) is 14.2 Å². The van der Waals surface area contributed by atoms with Gasteiger partial charge in [-0.3, -0.25) is 9.59 Å². The van der Waals surface area contributed by atoms with Gasteiger partial charge in [0.25, 0.3) is 5.91 Å². The van der Waals surface area contributed by atoms with Crippen LogP contribution in [-0.2, 0) is 16.1 Å². The van der Waals surface area contributed by atoms with Crippen LogP contribution >= 0.6 is 0 Å². The lowest BCUT2D eigenvalue weighted by Gasteiger charge is -2.31. The SMILES string of the molecule is CCOC(=O)C1CCN(C(=O)c2ccc(OCC)c(COc3ccccc3C)c2)CC1. The highest BCUT2D eigenvalue weighted by molar-refractivity contribution is 5.94. The molecule has 0 bridgehead atoms. The van der Waals surface area contributed by atoms with Gasteiger partial charge in [-0.2, -0.15) is 0 Å². The number of hydrogen-bond acceptors (Lipinski definition) is 5. The summed E-state index contributed by atoms with van der Waals surface area (Å²) in [5.74, 6) is 1.20. The van der Waals surface area contributed by atoms with Crippen molar-refractivity contribution in [2.45, 2.75) is 40.2 Å². The standard InChI is InChI=1S/C25H31NO5/c1-4-29-23-11-10-20(16-21(23)17-31-22-9-7-6-8-18(22)3)24(27)26-14-12-19(13-15-26)25(28)30-5-2/h6-11,16,19H,4-5,12-15,17H2,1-3H3. The van der Waals surface area contributed by atoms with Crippen LogP contribution < -0.4 is 9.47 Å². The molecule has 0 unspecified atom stereocenters. The first-order valence-corrected chi connectivity index (χ1v) is 10.9. The van der Waals surface area contributed by atoms with E-state index in [1.165, 1.54) is 0 Å². The number of aryl methyl sites for hydroxylation is 1. The molecule has 6 nitrogen and oxygen atoms in total. The average molecular weight is 426 g/mol. The molecular weight excluding hydrogens is 394 g/mol. The van der Waals surface area contributed by atoms with E-state index >= 15 is 0 Å². The van der Waals surface area contributed by atoms with Crippen LogP contribution in [0, 0.1) is 12.8 Å². The number of nitrogens with zero attached hydrogens (tertiary/aromatic N) is 1. The predicted molar refractivity (Wildman–Crippen MR) is 118 cm³/mol. The van der Waals surface area contributed by atoms with Gasteiger partial charge >= 0.3 is 5.97 Å². The lowest BCUT2D eigenvalue weighted by Crippen LogP contribution is -2.40. The summed E-state index contributed by atoms with van der Waals surface area (Å²) in [6, 6.07) is 13.3. The van der Waals surface area contributed by atoms with Gasteiger partial charge in [0, 0.05) is 24.2 Å². The topological polar surface area (TPSA) is 65.1 Å². The smallest absolute Gasteiger partial charge is 0.309 e. The minimum Gasteiger partial charge on any atom is -0.493 e. The van der Waals surface area contributed by atoms with E-state index < -0.39 is 0 Å². The van der Waals surface area contributed by atoms with Gasteiger partial charge < -0.3 is 19.1 Å². The molecule has 1 fully saturated rings. The Labute approximate surface area is 184 Å². The van der Waals surface area contributed by atoms with Crippen LogP contribution in [0.1, 0.15) is 48.2 Å². The summed E-state index contributed by atoms with van der Waals surface area (Å²) in [4.78, 5) is 26.8. The van der Waals surface area contributed by atoms with Crippen molar-refractivity contribution in [1.29, 1.82) is 0 Å². The third kappa shape index (κ3) is 5.78. The van der Waals surface area contributed by atoms with Crippen LogP contribution in [0.4, 0.5) is 0 Å². The molecule has 31 heavy (non-hydrogen) atoms. The van der Waals surface area contributed by atoms with Crippen molar-refractivity contribution in [2.75, 3.05) is 26.3 Å². The molecule has 1 aliphatic heterocycles. The van der Waals surface area contributed by atoms with Crippen LogP contribution in [0.2, 0.25) is 0 Å². The number of carbonyl (C=O) groups is 2. The van der Waals surface area contributed by atoms with E-state index in [0.717, 1.165) is 16.9 Å². The van der Waals surface area contributed by atoms with Crippen molar-refractivity contribution < 1.29 is 23.8 Å². The molecule has 1 saturated heterocycles. The van der Waals surface area contributed by atoms with Crippen molar-refractivity contribution >= 4 is 11.9 Å². The maximum atomic E-state index is 13.1. The molecule has 1 heterocycles. The minimum atomic E-state index is -0.161. The Morgan fingerprint density at radius 2 is 1.71 bits per heavy atom. The lowest BCUT2D eigenvalue weighted by atomic mass is 9.96. The highest BCUT2D eigenvalue weighted by Crippen LogP contribution is 2.26. The maximum absolute atomic E-state index is 13.1. The van der Waals surface area contributed by atoms with Gasteiger partial charge in [0.05, 0.1) is 19.1 Å². The van der Waals surface area contributed by atoms with Crippen molar-refractivity contribution in [1.82, 2.24) is 4.90 Å². The van der Waals surface area contributed by atoms with Crippen molar-refractivity contribution in [2.24, 2.45) is 5.92 Å². The minimum absolute atomic E-state index is 0.0394. The number of amides is 1. The number of carbonyl (C=O) groups excluding carboxylic acids is 2. The summed E-state index contributed by atoms with van der Waals surface area (Å²) in [5.41, 5.74) is 2.48. The number of hydrogen-bond donors (Lipinski definition) is 0. The fourth-order valence-electron chi connectivity index (χ4n) is 3.76. The van der Waals surface area contributed by atoms with E-state index in [1.54, 1.807) is 11.0 Å². The molecule has 1 amide bonds. The summed E-state index contributed by atoms with van der Waals surface area (Å²) in [6.45, 7) is 8.06. The monoisotopic (exact) mass is 425 g/mol. The molecule has 2 aromatic rings. The normalized spacial score (nSPS) is 14.2. The molecule has 2 aromatic carbocycles. The van der Waals surface area contributed by atoms with Crippen LogP contribution in [-0.4, -0.2) is 43.1 Å². The van der Waals surface area contributed by atoms with Crippen molar-refractivity contribution in [3.05, 3.63) is 59.2 Å². The van der Waals surface area contributed by atoms with Gasteiger partial charge in [0.15, 0.2) is 0 Å². The summed E-state index contributed by atoms with van der Waals surface area (Å²) >= 11 is 0. The maximum Gasteiger partial charge on any atom is 0.309 e. The molecule has 0 spiro atoms. The van der Waals surface area contributed by atoms with Crippen LogP contribution in [0.15, 0.2) is 42.5 Å². The zero-order chi connectivity index (χ0) is 22.2. The highest BCUT2D eigenvalue weighted by Gasteiger charge is 2.29. The third-order valence-electron chi connectivity index (χ3n) is 5.49. The van der Waals surface area contributed by atoms with Crippen LogP contribution in [0.5, 0.6) is 11.5 Å². The van der Waals surface area contributed by atoms with E-state index in [-0.39, 0.29) is 17.8 Å². The Hall–Kier alpha value is -3.02.